The van der Waals surface area contributed by atoms with Gasteiger partial charge < -0.3 is 4.90 Å². The van der Waals surface area contributed by atoms with Gasteiger partial charge in [0, 0.05) is 5.69 Å². The second kappa shape index (κ2) is 8.29. The van der Waals surface area contributed by atoms with Crippen LogP contribution in [-0.2, 0) is 4.79 Å². The van der Waals surface area contributed by atoms with Crippen LogP contribution >= 0.6 is 0 Å². The molecule has 2 nitrogen and oxygen atoms in total. The van der Waals surface area contributed by atoms with Crippen molar-refractivity contribution in [3.8, 4) is 0 Å². The molecule has 1 aliphatic heterocycles. The van der Waals surface area contributed by atoms with E-state index in [1.54, 1.807) is 12.2 Å². The lowest BCUT2D eigenvalue weighted by Gasteiger charge is -2.34. The number of carbonyl (C=O) groups excluding carboxylic acids is 1. The molecule has 0 unspecified atom stereocenters. The van der Waals surface area contributed by atoms with Crippen molar-refractivity contribution in [2.45, 2.75) is 0 Å². The number of hydrogen-bond donors (Lipinski definition) is 0. The van der Waals surface area contributed by atoms with Crippen LogP contribution in [0.1, 0.15) is 11.1 Å². The van der Waals surface area contributed by atoms with Gasteiger partial charge in [-0.05, 0) is 70.9 Å². The number of anilines is 1. The zero-order valence-electron chi connectivity index (χ0n) is 17.0. The second-order valence-corrected chi connectivity index (χ2v) is 7.44. The topological polar surface area (TPSA) is 20.3 Å². The van der Waals surface area contributed by atoms with Gasteiger partial charge in [-0.2, -0.15) is 0 Å². The molecule has 31 heavy (non-hydrogen) atoms. The quantitative estimate of drug-likeness (QED) is 0.496. The molecule has 0 saturated carbocycles. The summed E-state index contributed by atoms with van der Waals surface area (Å²) in [6.45, 7) is 0. The average molecular weight is 399 g/mol. The van der Waals surface area contributed by atoms with E-state index in [2.05, 4.69) is 77.7 Å². The maximum absolute atomic E-state index is 11.8. The summed E-state index contributed by atoms with van der Waals surface area (Å²) < 4.78 is 0. The first-order chi connectivity index (χ1) is 15.3. The molecule has 2 heteroatoms. The largest absolute Gasteiger partial charge is 0.309 e. The number of ketones is 1. The third-order valence-corrected chi connectivity index (χ3v) is 5.41. The lowest BCUT2D eigenvalue weighted by atomic mass is 9.93. The Hall–Kier alpha value is -4.17. The van der Waals surface area contributed by atoms with Crippen LogP contribution in [0.2, 0.25) is 0 Å². The molecule has 0 aromatic heterocycles. The van der Waals surface area contributed by atoms with Crippen molar-refractivity contribution in [2.24, 2.45) is 0 Å². The Labute approximate surface area is 182 Å². The van der Waals surface area contributed by atoms with E-state index in [9.17, 15) is 4.79 Å². The van der Waals surface area contributed by atoms with Gasteiger partial charge in [-0.25, -0.2) is 0 Å². The fourth-order valence-corrected chi connectivity index (χ4v) is 3.91. The van der Waals surface area contributed by atoms with Crippen molar-refractivity contribution >= 4 is 22.7 Å². The Morgan fingerprint density at radius 3 is 1.71 bits per heavy atom. The standard InChI is InChI=1S/C29H21NO/c31-27-18-16-24(17-19-27)29-21-25(22-10-4-1-5-11-22)20-28(23-12-6-2-7-13-23)30(29)26-14-8-3-9-15-26/h1-21H. The Morgan fingerprint density at radius 1 is 0.548 bits per heavy atom. The monoisotopic (exact) mass is 399 g/mol. The Bertz CT molecular complexity index is 1240. The van der Waals surface area contributed by atoms with Crippen molar-refractivity contribution < 1.29 is 4.79 Å². The molecule has 0 atom stereocenters. The van der Waals surface area contributed by atoms with E-state index in [1.807, 2.05) is 42.5 Å². The van der Waals surface area contributed by atoms with Crippen LogP contribution in [0, 0.1) is 0 Å². The van der Waals surface area contributed by atoms with E-state index in [1.165, 1.54) is 0 Å². The fraction of sp³-hybridized carbons (Fsp3) is 0. The molecule has 2 aliphatic rings. The Morgan fingerprint density at radius 2 is 1.10 bits per heavy atom. The van der Waals surface area contributed by atoms with Crippen LogP contribution in [0.4, 0.5) is 5.69 Å². The molecular formula is C29H21NO. The molecule has 3 aromatic carbocycles. The van der Waals surface area contributed by atoms with Crippen LogP contribution in [-0.4, -0.2) is 5.78 Å². The molecule has 3 aromatic rings. The first-order valence-electron chi connectivity index (χ1n) is 10.3. The molecule has 0 bridgehead atoms. The molecule has 1 heterocycles. The van der Waals surface area contributed by atoms with Gasteiger partial charge in [0.2, 0.25) is 0 Å². The van der Waals surface area contributed by atoms with Gasteiger partial charge in [-0.3, -0.25) is 4.79 Å². The highest BCUT2D eigenvalue weighted by atomic mass is 16.1. The number of para-hydroxylation sites is 1. The van der Waals surface area contributed by atoms with Crippen molar-refractivity contribution in [3.05, 3.63) is 150 Å². The summed E-state index contributed by atoms with van der Waals surface area (Å²) >= 11 is 0. The summed E-state index contributed by atoms with van der Waals surface area (Å²) in [5, 5.41) is 0. The molecule has 5 rings (SSSR count). The molecule has 148 valence electrons. The number of hydrogen-bond acceptors (Lipinski definition) is 2. The highest BCUT2D eigenvalue weighted by Crippen LogP contribution is 2.39. The number of nitrogens with zero attached hydrogens (tertiary/aromatic N) is 1. The van der Waals surface area contributed by atoms with Crippen molar-refractivity contribution in [1.82, 2.24) is 0 Å². The summed E-state index contributed by atoms with van der Waals surface area (Å²) in [6.07, 6.45) is 11.5. The third kappa shape index (κ3) is 3.84. The van der Waals surface area contributed by atoms with Crippen LogP contribution in [0.25, 0.3) is 11.3 Å². The first-order valence-corrected chi connectivity index (χ1v) is 10.3. The summed E-state index contributed by atoms with van der Waals surface area (Å²) in [5.74, 6) is 0.0116. The molecule has 0 spiro atoms. The van der Waals surface area contributed by atoms with Gasteiger partial charge >= 0.3 is 0 Å². The van der Waals surface area contributed by atoms with Crippen molar-refractivity contribution in [1.29, 1.82) is 0 Å². The number of rotatable bonds is 3. The summed E-state index contributed by atoms with van der Waals surface area (Å²) in [4.78, 5) is 14.0. The van der Waals surface area contributed by atoms with Crippen molar-refractivity contribution in [3.63, 3.8) is 0 Å². The number of allylic oxidation sites excluding steroid dienone is 8. The summed E-state index contributed by atoms with van der Waals surface area (Å²) in [5.41, 5.74) is 7.61. The van der Waals surface area contributed by atoms with E-state index in [0.717, 1.165) is 39.4 Å². The van der Waals surface area contributed by atoms with Crippen LogP contribution in [0.5, 0.6) is 0 Å². The van der Waals surface area contributed by atoms with Gasteiger partial charge in [0.15, 0.2) is 5.78 Å². The van der Waals surface area contributed by atoms with Crippen LogP contribution in [0.15, 0.2) is 139 Å². The van der Waals surface area contributed by atoms with E-state index in [0.29, 0.717) is 0 Å². The molecule has 0 radical (unpaired) electrons. The molecule has 0 N–H and O–H groups in total. The molecular weight excluding hydrogens is 378 g/mol. The van der Waals surface area contributed by atoms with Crippen LogP contribution in [0.3, 0.4) is 0 Å². The van der Waals surface area contributed by atoms with Crippen LogP contribution < -0.4 is 4.90 Å². The van der Waals surface area contributed by atoms with E-state index in [-0.39, 0.29) is 5.78 Å². The van der Waals surface area contributed by atoms with Gasteiger partial charge in [-0.15, -0.1) is 0 Å². The second-order valence-electron chi connectivity index (χ2n) is 7.44. The van der Waals surface area contributed by atoms with Gasteiger partial charge in [-0.1, -0.05) is 78.9 Å². The molecule has 0 saturated heterocycles. The summed E-state index contributed by atoms with van der Waals surface area (Å²) in [7, 11) is 0. The predicted octanol–water partition coefficient (Wildman–Crippen LogP) is 6.58. The van der Waals surface area contributed by atoms with E-state index >= 15 is 0 Å². The maximum atomic E-state index is 11.8. The highest BCUT2D eigenvalue weighted by Gasteiger charge is 2.24. The number of carbonyl (C=O) groups is 1. The van der Waals surface area contributed by atoms with E-state index < -0.39 is 0 Å². The minimum absolute atomic E-state index is 0.0116. The predicted molar refractivity (Wildman–Crippen MR) is 128 cm³/mol. The SMILES string of the molecule is O=C1C=CC(=C2C=C(c3ccccc3)C=C(c3ccccc3)N2c2ccccc2)C=C1. The summed E-state index contributed by atoms with van der Waals surface area (Å²) in [6, 6.07) is 31.2. The highest BCUT2D eigenvalue weighted by molar-refractivity contribution is 6.02. The van der Waals surface area contributed by atoms with Gasteiger partial charge in [0.05, 0.1) is 11.4 Å². The normalized spacial score (nSPS) is 15.7. The molecule has 0 amide bonds. The minimum atomic E-state index is 0.0116. The number of benzene rings is 3. The zero-order chi connectivity index (χ0) is 21.0. The Balaban J connectivity index is 1.78. The first kappa shape index (κ1) is 18.8. The van der Waals surface area contributed by atoms with Gasteiger partial charge in [0.1, 0.15) is 0 Å². The Kier molecular flexibility index (Phi) is 5.04. The zero-order valence-corrected chi connectivity index (χ0v) is 17.0. The molecule has 1 aliphatic carbocycles. The van der Waals surface area contributed by atoms with Crippen molar-refractivity contribution in [2.75, 3.05) is 4.90 Å². The fourth-order valence-electron chi connectivity index (χ4n) is 3.91. The minimum Gasteiger partial charge on any atom is -0.309 e. The van der Waals surface area contributed by atoms with E-state index in [4.69, 9.17) is 0 Å². The third-order valence-electron chi connectivity index (χ3n) is 5.41. The average Bonchev–Trinajstić information content (AvgIpc) is 2.85. The maximum Gasteiger partial charge on any atom is 0.178 e. The lowest BCUT2D eigenvalue weighted by molar-refractivity contribution is -0.110. The lowest BCUT2D eigenvalue weighted by Crippen LogP contribution is -2.24. The molecule has 0 fully saturated rings. The van der Waals surface area contributed by atoms with Gasteiger partial charge in [0.25, 0.3) is 0 Å². The smallest absolute Gasteiger partial charge is 0.178 e.